The van der Waals surface area contributed by atoms with Crippen molar-refractivity contribution in [1.29, 1.82) is 0 Å². The summed E-state index contributed by atoms with van der Waals surface area (Å²) in [4.78, 5) is 16.5. The van der Waals surface area contributed by atoms with Gasteiger partial charge >= 0.3 is 5.97 Å². The largest absolute Gasteiger partial charge is 0.478 e. The average Bonchev–Trinajstić information content (AvgIpc) is 2.74. The molecule has 0 spiro atoms. The molecule has 0 bridgehead atoms. The minimum atomic E-state index is -0.938. The summed E-state index contributed by atoms with van der Waals surface area (Å²) < 4.78 is 25.0. The molecule has 170 valence electrons. The predicted octanol–water partition coefficient (Wildman–Crippen LogP) is 3.70. The number of methoxy groups -OCH3 is 1. The number of nitrogens with zero attached hydrogens (tertiary/aromatic N) is 2. The van der Waals surface area contributed by atoms with Gasteiger partial charge < -0.3 is 19.5 Å². The fourth-order valence-electron chi connectivity index (χ4n) is 4.09. The second-order valence-electron chi connectivity index (χ2n) is 7.71. The van der Waals surface area contributed by atoms with Crippen LogP contribution in [0.3, 0.4) is 0 Å². The second-order valence-corrected chi connectivity index (χ2v) is 8.96. The maximum absolute atomic E-state index is 13.9. The third kappa shape index (κ3) is 5.88. The van der Waals surface area contributed by atoms with E-state index in [9.17, 15) is 14.3 Å². The monoisotopic (exact) mass is 450 g/mol. The van der Waals surface area contributed by atoms with Crippen molar-refractivity contribution in [2.45, 2.75) is 39.1 Å². The molecule has 2 aliphatic rings. The van der Waals surface area contributed by atoms with Crippen LogP contribution in [0.15, 0.2) is 46.5 Å². The Morgan fingerprint density at radius 1 is 1.42 bits per heavy atom. The number of carboxylic acid groups (broad SMARTS) is 1. The quantitative estimate of drug-likeness (QED) is 0.616. The Hall–Kier alpha value is -1.87. The maximum atomic E-state index is 13.9. The summed E-state index contributed by atoms with van der Waals surface area (Å²) in [6.45, 7) is 6.99. The number of hydrogen-bond acceptors (Lipinski definition) is 6. The van der Waals surface area contributed by atoms with Crippen LogP contribution in [0.1, 0.15) is 25.8 Å². The topological polar surface area (TPSA) is 62.2 Å². The zero-order valence-electron chi connectivity index (χ0n) is 18.3. The lowest BCUT2D eigenvalue weighted by Crippen LogP contribution is -2.54. The van der Waals surface area contributed by atoms with Gasteiger partial charge in [0.15, 0.2) is 0 Å². The van der Waals surface area contributed by atoms with Crippen molar-refractivity contribution in [3.8, 4) is 0 Å². The minimum absolute atomic E-state index is 0.0607. The van der Waals surface area contributed by atoms with Gasteiger partial charge in [0, 0.05) is 33.4 Å². The second kappa shape index (κ2) is 11.1. The lowest BCUT2D eigenvalue weighted by atomic mass is 10.0. The van der Waals surface area contributed by atoms with Crippen LogP contribution in [0.5, 0.6) is 0 Å². The molecule has 0 aromatic heterocycles. The van der Waals surface area contributed by atoms with Crippen molar-refractivity contribution in [2.75, 3.05) is 39.2 Å². The first-order chi connectivity index (χ1) is 14.9. The lowest BCUT2D eigenvalue weighted by Gasteiger charge is -2.46. The van der Waals surface area contributed by atoms with Crippen LogP contribution in [0.4, 0.5) is 4.39 Å². The predicted molar refractivity (Wildman–Crippen MR) is 120 cm³/mol. The molecule has 1 aromatic carbocycles. The Morgan fingerprint density at radius 2 is 2.23 bits per heavy atom. The first-order valence-corrected chi connectivity index (χ1v) is 11.6. The number of carbonyl (C=O) groups is 1. The Kier molecular flexibility index (Phi) is 8.54. The van der Waals surface area contributed by atoms with Crippen molar-refractivity contribution in [1.82, 2.24) is 9.80 Å². The van der Waals surface area contributed by atoms with Crippen LogP contribution >= 0.6 is 11.8 Å². The molecule has 2 unspecified atom stereocenters. The number of morpholine rings is 1. The Labute approximate surface area is 187 Å². The van der Waals surface area contributed by atoms with Gasteiger partial charge in [0.1, 0.15) is 12.0 Å². The molecule has 1 fully saturated rings. The highest BCUT2D eigenvalue weighted by molar-refractivity contribution is 8.03. The number of rotatable bonds is 9. The van der Waals surface area contributed by atoms with E-state index in [1.54, 1.807) is 13.2 Å². The Morgan fingerprint density at radius 3 is 2.90 bits per heavy atom. The van der Waals surface area contributed by atoms with E-state index in [1.807, 2.05) is 26.0 Å². The zero-order valence-corrected chi connectivity index (χ0v) is 19.2. The molecule has 1 saturated heterocycles. The number of thioether (sulfide) groups is 1. The standard InChI is InChI=1S/C23H31FN2O4S/c1-4-31-22-21(23(27)28)16(2)12-20(25-9-11-30-19(15-25)8-10-29-3)26(22)14-17-6-5-7-18(24)13-17/h5-7,12-13,19-20H,4,8-11,14-15H2,1-3H3,(H,27,28). The number of ether oxygens (including phenoxy) is 2. The van der Waals surface area contributed by atoms with Gasteiger partial charge in [0.05, 0.1) is 23.3 Å². The maximum Gasteiger partial charge on any atom is 0.338 e. The third-order valence-electron chi connectivity index (χ3n) is 5.51. The molecule has 0 saturated carbocycles. The number of hydrogen-bond donors (Lipinski definition) is 1. The summed E-state index contributed by atoms with van der Waals surface area (Å²) >= 11 is 1.52. The van der Waals surface area contributed by atoms with Crippen molar-refractivity contribution in [3.63, 3.8) is 0 Å². The van der Waals surface area contributed by atoms with Gasteiger partial charge in [-0.1, -0.05) is 19.1 Å². The van der Waals surface area contributed by atoms with E-state index in [1.165, 1.54) is 23.9 Å². The van der Waals surface area contributed by atoms with Crippen LogP contribution in [-0.2, 0) is 20.8 Å². The van der Waals surface area contributed by atoms with Crippen LogP contribution in [-0.4, -0.2) is 72.3 Å². The van der Waals surface area contributed by atoms with E-state index in [4.69, 9.17) is 9.47 Å². The summed E-state index contributed by atoms with van der Waals surface area (Å²) in [6.07, 6.45) is 2.75. The SMILES string of the molecule is CCSC1=C(C(=O)O)C(C)=CC(N2CCOC(CCOC)C2)N1Cc1cccc(F)c1. The molecular formula is C23H31FN2O4S. The van der Waals surface area contributed by atoms with E-state index in [-0.39, 0.29) is 18.1 Å². The highest BCUT2D eigenvalue weighted by Gasteiger charge is 2.36. The van der Waals surface area contributed by atoms with Gasteiger partial charge in [-0.2, -0.15) is 0 Å². The summed E-state index contributed by atoms with van der Waals surface area (Å²) in [6, 6.07) is 6.50. The molecule has 8 heteroatoms. The third-order valence-corrected chi connectivity index (χ3v) is 6.51. The number of carboxylic acids is 1. The van der Waals surface area contributed by atoms with Crippen molar-refractivity contribution >= 4 is 17.7 Å². The van der Waals surface area contributed by atoms with Crippen LogP contribution in [0, 0.1) is 5.82 Å². The molecule has 1 aromatic rings. The fourth-order valence-corrected chi connectivity index (χ4v) is 5.09. The lowest BCUT2D eigenvalue weighted by molar-refractivity contribution is -0.132. The zero-order chi connectivity index (χ0) is 22.4. The van der Waals surface area contributed by atoms with Crippen LogP contribution in [0.2, 0.25) is 0 Å². The highest BCUT2D eigenvalue weighted by Crippen LogP contribution is 2.37. The summed E-state index contributed by atoms with van der Waals surface area (Å²) in [5.74, 6) is -0.492. The molecule has 0 amide bonds. The van der Waals surface area contributed by atoms with E-state index < -0.39 is 5.97 Å². The molecule has 0 aliphatic carbocycles. The molecule has 6 nitrogen and oxygen atoms in total. The summed E-state index contributed by atoms with van der Waals surface area (Å²) in [5, 5.41) is 10.6. The van der Waals surface area contributed by atoms with E-state index in [0.717, 1.165) is 41.4 Å². The first-order valence-electron chi connectivity index (χ1n) is 10.6. The normalized spacial score (nSPS) is 22.6. The van der Waals surface area contributed by atoms with Gasteiger partial charge in [-0.3, -0.25) is 4.90 Å². The van der Waals surface area contributed by atoms with Gasteiger partial charge in [0.2, 0.25) is 0 Å². The molecule has 0 radical (unpaired) electrons. The molecule has 2 aliphatic heterocycles. The molecule has 2 atom stereocenters. The number of benzene rings is 1. The molecule has 3 rings (SSSR count). The summed E-state index contributed by atoms with van der Waals surface area (Å²) in [7, 11) is 1.68. The smallest absolute Gasteiger partial charge is 0.338 e. The number of halogens is 1. The molecule has 31 heavy (non-hydrogen) atoms. The van der Waals surface area contributed by atoms with Gasteiger partial charge in [-0.25, -0.2) is 9.18 Å². The van der Waals surface area contributed by atoms with E-state index in [0.29, 0.717) is 25.3 Å². The van der Waals surface area contributed by atoms with Gasteiger partial charge in [0.25, 0.3) is 0 Å². The Bertz CT molecular complexity index is 845. The van der Waals surface area contributed by atoms with Gasteiger partial charge in [-0.15, -0.1) is 11.8 Å². The molecule has 1 N–H and O–H groups in total. The van der Waals surface area contributed by atoms with Crippen molar-refractivity contribution in [2.24, 2.45) is 0 Å². The average molecular weight is 451 g/mol. The molecule has 2 heterocycles. The Balaban J connectivity index is 1.96. The van der Waals surface area contributed by atoms with Crippen molar-refractivity contribution < 1.29 is 23.8 Å². The van der Waals surface area contributed by atoms with E-state index >= 15 is 0 Å². The fraction of sp³-hybridized carbons (Fsp3) is 0.522. The number of aliphatic carboxylic acids is 1. The summed E-state index contributed by atoms with van der Waals surface area (Å²) in [5.41, 5.74) is 1.88. The van der Waals surface area contributed by atoms with Crippen molar-refractivity contribution in [3.05, 3.63) is 57.9 Å². The highest BCUT2D eigenvalue weighted by atomic mass is 32.2. The van der Waals surface area contributed by atoms with Crippen LogP contribution < -0.4 is 0 Å². The first kappa shape index (κ1) is 23.8. The van der Waals surface area contributed by atoms with Gasteiger partial charge in [-0.05, 0) is 48.4 Å². The van der Waals surface area contributed by atoms with Crippen LogP contribution in [0.25, 0.3) is 0 Å². The minimum Gasteiger partial charge on any atom is -0.478 e. The molecular weight excluding hydrogens is 419 g/mol. The van der Waals surface area contributed by atoms with E-state index in [2.05, 4.69) is 9.80 Å².